The number of aliphatic carboxylic acids is 1. The fourth-order valence-electron chi connectivity index (χ4n) is 1.74. The molecule has 0 aromatic rings. The Labute approximate surface area is 115 Å². The lowest BCUT2D eigenvalue weighted by molar-refractivity contribution is -0.138. The quantitative estimate of drug-likeness (QED) is 0.594. The maximum Gasteiger partial charge on any atom is 0.323 e. The number of ether oxygens (including phenoxy) is 1. The number of rotatable bonds is 5. The summed E-state index contributed by atoms with van der Waals surface area (Å²) in [6.45, 7) is 0.868. The molecular formula is C11H17N3O6. The van der Waals surface area contributed by atoms with E-state index in [0.717, 1.165) is 9.80 Å². The zero-order valence-electron chi connectivity index (χ0n) is 11.3. The van der Waals surface area contributed by atoms with E-state index in [1.807, 2.05) is 0 Å². The average Bonchev–Trinajstić information content (AvgIpc) is 2.37. The van der Waals surface area contributed by atoms with Crippen LogP contribution in [0.3, 0.4) is 0 Å². The highest BCUT2D eigenvalue weighted by molar-refractivity contribution is 6.04. The number of nitrogens with zero attached hydrogens (tertiary/aromatic N) is 2. The van der Waals surface area contributed by atoms with Crippen molar-refractivity contribution in [2.45, 2.75) is 13.0 Å². The summed E-state index contributed by atoms with van der Waals surface area (Å²) >= 11 is 0. The SMILES string of the molecule is COCCN(CC(=O)O)C(=O)N1CC(=O)NC(=O)C1C. The fourth-order valence-corrected chi connectivity index (χ4v) is 1.74. The van der Waals surface area contributed by atoms with Gasteiger partial charge in [0.25, 0.3) is 0 Å². The van der Waals surface area contributed by atoms with Gasteiger partial charge in [0.05, 0.1) is 6.61 Å². The molecule has 2 N–H and O–H groups in total. The number of nitrogens with one attached hydrogen (secondary N) is 1. The normalized spacial score (nSPS) is 18.7. The van der Waals surface area contributed by atoms with Gasteiger partial charge in [0.2, 0.25) is 11.8 Å². The van der Waals surface area contributed by atoms with Gasteiger partial charge in [0.1, 0.15) is 19.1 Å². The van der Waals surface area contributed by atoms with Crippen molar-refractivity contribution in [3.63, 3.8) is 0 Å². The van der Waals surface area contributed by atoms with E-state index in [0.29, 0.717) is 0 Å². The second-order valence-electron chi connectivity index (χ2n) is 4.31. The summed E-state index contributed by atoms with van der Waals surface area (Å²) in [7, 11) is 1.42. The Morgan fingerprint density at radius 1 is 1.50 bits per heavy atom. The molecule has 0 saturated carbocycles. The molecule has 0 bridgehead atoms. The largest absolute Gasteiger partial charge is 0.480 e. The van der Waals surface area contributed by atoms with Crippen LogP contribution in [-0.4, -0.2) is 78.1 Å². The van der Waals surface area contributed by atoms with E-state index in [9.17, 15) is 19.2 Å². The molecule has 20 heavy (non-hydrogen) atoms. The van der Waals surface area contributed by atoms with E-state index in [4.69, 9.17) is 9.84 Å². The van der Waals surface area contributed by atoms with Gasteiger partial charge >= 0.3 is 12.0 Å². The van der Waals surface area contributed by atoms with Crippen molar-refractivity contribution >= 4 is 23.8 Å². The number of amides is 4. The molecule has 1 saturated heterocycles. The molecule has 9 nitrogen and oxygen atoms in total. The number of methoxy groups -OCH3 is 1. The van der Waals surface area contributed by atoms with Crippen LogP contribution in [0.4, 0.5) is 4.79 Å². The van der Waals surface area contributed by atoms with Gasteiger partial charge in [-0.1, -0.05) is 0 Å². The molecule has 0 radical (unpaired) electrons. The van der Waals surface area contributed by atoms with Crippen molar-refractivity contribution in [1.29, 1.82) is 0 Å². The number of urea groups is 1. The third kappa shape index (κ3) is 3.92. The van der Waals surface area contributed by atoms with Crippen LogP contribution in [0.2, 0.25) is 0 Å². The predicted octanol–water partition coefficient (Wildman–Crippen LogP) is -1.51. The third-order valence-electron chi connectivity index (χ3n) is 2.83. The zero-order valence-corrected chi connectivity index (χ0v) is 11.3. The maximum atomic E-state index is 12.2. The first kappa shape index (κ1) is 15.9. The number of hydrogen-bond acceptors (Lipinski definition) is 5. The summed E-state index contributed by atoms with van der Waals surface area (Å²) < 4.78 is 4.81. The van der Waals surface area contributed by atoms with E-state index in [1.165, 1.54) is 14.0 Å². The lowest BCUT2D eigenvalue weighted by Crippen LogP contribution is -2.61. The van der Waals surface area contributed by atoms with Crippen LogP contribution >= 0.6 is 0 Å². The van der Waals surface area contributed by atoms with Crippen LogP contribution in [0.15, 0.2) is 0 Å². The molecule has 1 aliphatic heterocycles. The molecule has 0 aliphatic carbocycles. The van der Waals surface area contributed by atoms with Gasteiger partial charge < -0.3 is 19.6 Å². The van der Waals surface area contributed by atoms with E-state index in [2.05, 4.69) is 5.32 Å². The Hall–Kier alpha value is -2.16. The summed E-state index contributed by atoms with van der Waals surface area (Å²) in [6.07, 6.45) is 0. The van der Waals surface area contributed by atoms with E-state index < -0.39 is 36.4 Å². The standard InChI is InChI=1S/C11H17N3O6/c1-7-10(18)12-8(15)5-14(7)11(19)13(3-4-20-2)6-9(16)17/h7H,3-6H2,1-2H3,(H,16,17)(H,12,15,18). The van der Waals surface area contributed by atoms with Gasteiger partial charge in [-0.25, -0.2) is 4.79 Å². The number of carbonyl (C=O) groups is 4. The van der Waals surface area contributed by atoms with Crippen molar-refractivity contribution < 1.29 is 29.0 Å². The van der Waals surface area contributed by atoms with Gasteiger partial charge in [0.15, 0.2) is 0 Å². The van der Waals surface area contributed by atoms with Crippen molar-refractivity contribution in [3.05, 3.63) is 0 Å². The second kappa shape index (κ2) is 6.85. The Balaban J connectivity index is 2.83. The molecule has 1 aliphatic rings. The lowest BCUT2D eigenvalue weighted by Gasteiger charge is -2.35. The Morgan fingerprint density at radius 2 is 2.15 bits per heavy atom. The number of carbonyl (C=O) groups excluding carboxylic acids is 3. The second-order valence-corrected chi connectivity index (χ2v) is 4.31. The van der Waals surface area contributed by atoms with Crippen LogP contribution in [0.25, 0.3) is 0 Å². The molecule has 1 unspecified atom stereocenters. The molecule has 1 rings (SSSR count). The van der Waals surface area contributed by atoms with Gasteiger partial charge in [0, 0.05) is 13.7 Å². The number of piperazine rings is 1. The highest BCUT2D eigenvalue weighted by Crippen LogP contribution is 2.09. The Bertz CT molecular complexity index is 424. The van der Waals surface area contributed by atoms with Gasteiger partial charge in [-0.15, -0.1) is 0 Å². The van der Waals surface area contributed by atoms with Crippen molar-refractivity contribution in [2.24, 2.45) is 0 Å². The average molecular weight is 287 g/mol. The van der Waals surface area contributed by atoms with Crippen molar-refractivity contribution in [1.82, 2.24) is 15.1 Å². The molecule has 1 fully saturated rings. The molecule has 0 aromatic heterocycles. The molecule has 1 heterocycles. The van der Waals surface area contributed by atoms with Gasteiger partial charge in [-0.3, -0.25) is 19.7 Å². The Morgan fingerprint density at radius 3 is 2.70 bits per heavy atom. The van der Waals surface area contributed by atoms with E-state index in [-0.39, 0.29) is 19.7 Å². The highest BCUT2D eigenvalue weighted by atomic mass is 16.5. The summed E-state index contributed by atoms with van der Waals surface area (Å²) in [4.78, 5) is 47.9. The van der Waals surface area contributed by atoms with Gasteiger partial charge in [-0.2, -0.15) is 0 Å². The first-order chi connectivity index (χ1) is 9.36. The van der Waals surface area contributed by atoms with Crippen LogP contribution < -0.4 is 5.32 Å². The minimum Gasteiger partial charge on any atom is -0.480 e. The van der Waals surface area contributed by atoms with Crippen LogP contribution in [0.5, 0.6) is 0 Å². The minimum atomic E-state index is -1.19. The summed E-state index contributed by atoms with van der Waals surface area (Å²) in [5, 5.41) is 10.9. The number of hydrogen-bond donors (Lipinski definition) is 2. The first-order valence-corrected chi connectivity index (χ1v) is 5.96. The predicted molar refractivity (Wildman–Crippen MR) is 65.8 cm³/mol. The van der Waals surface area contributed by atoms with Crippen LogP contribution in [-0.2, 0) is 19.1 Å². The number of carboxylic acids is 1. The molecule has 0 spiro atoms. The summed E-state index contributed by atoms with van der Waals surface area (Å²) in [5.74, 6) is -2.37. The molecule has 4 amide bonds. The van der Waals surface area contributed by atoms with Crippen molar-refractivity contribution in [3.8, 4) is 0 Å². The zero-order chi connectivity index (χ0) is 15.3. The molecule has 112 valence electrons. The van der Waals surface area contributed by atoms with Crippen LogP contribution in [0, 0.1) is 0 Å². The summed E-state index contributed by atoms with van der Waals surface area (Å²) in [5.41, 5.74) is 0. The third-order valence-corrected chi connectivity index (χ3v) is 2.83. The topological polar surface area (TPSA) is 116 Å². The van der Waals surface area contributed by atoms with E-state index in [1.54, 1.807) is 0 Å². The fraction of sp³-hybridized carbons (Fsp3) is 0.636. The lowest BCUT2D eigenvalue weighted by atomic mass is 10.2. The summed E-state index contributed by atoms with van der Waals surface area (Å²) in [6, 6.07) is -1.51. The molecule has 0 aromatic carbocycles. The smallest absolute Gasteiger partial charge is 0.323 e. The maximum absolute atomic E-state index is 12.2. The number of imide groups is 1. The van der Waals surface area contributed by atoms with E-state index >= 15 is 0 Å². The Kier molecular flexibility index (Phi) is 5.44. The van der Waals surface area contributed by atoms with Gasteiger partial charge in [-0.05, 0) is 6.92 Å². The van der Waals surface area contributed by atoms with Crippen LogP contribution in [0.1, 0.15) is 6.92 Å². The monoisotopic (exact) mass is 287 g/mol. The van der Waals surface area contributed by atoms with Crippen molar-refractivity contribution in [2.75, 3.05) is 33.4 Å². The highest BCUT2D eigenvalue weighted by Gasteiger charge is 2.36. The molecular weight excluding hydrogens is 270 g/mol. The molecule has 1 atom stereocenters. The first-order valence-electron chi connectivity index (χ1n) is 5.96. The molecule has 9 heteroatoms. The number of carboxylic acid groups (broad SMARTS) is 1. The minimum absolute atomic E-state index is 0.0562.